The maximum Gasteiger partial charge on any atom is 0.264 e. The number of nitrogens with one attached hydrogen (secondary N) is 1. The molecule has 29 heavy (non-hydrogen) atoms. The average molecular weight is 386 g/mol. The molecule has 0 atom stereocenters. The second-order valence-electron chi connectivity index (χ2n) is 6.20. The lowest BCUT2D eigenvalue weighted by atomic mass is 10.0. The van der Waals surface area contributed by atoms with Crippen LogP contribution in [-0.4, -0.2) is 30.4 Å². The van der Waals surface area contributed by atoms with E-state index in [1.807, 2.05) is 54.6 Å². The van der Waals surface area contributed by atoms with E-state index in [2.05, 4.69) is 22.7 Å². The lowest BCUT2D eigenvalue weighted by Crippen LogP contribution is -2.14. The molecule has 0 saturated carbocycles. The van der Waals surface area contributed by atoms with Crippen LogP contribution in [0.5, 0.6) is 5.75 Å². The topological polar surface area (TPSA) is 70.9 Å². The molecule has 0 aliphatic rings. The quantitative estimate of drug-likeness (QED) is 0.351. The highest BCUT2D eigenvalue weighted by Gasteiger charge is 1.98. The van der Waals surface area contributed by atoms with Crippen LogP contribution < -0.4 is 10.2 Å². The van der Waals surface area contributed by atoms with E-state index in [-0.39, 0.29) is 19.1 Å². The van der Waals surface area contributed by atoms with Crippen LogP contribution in [0.2, 0.25) is 0 Å². The number of amides is 1. The molecule has 0 aliphatic heterocycles. The van der Waals surface area contributed by atoms with Crippen LogP contribution >= 0.6 is 0 Å². The highest BCUT2D eigenvalue weighted by molar-refractivity contribution is 5.92. The molecule has 0 unspecified atom stereocenters. The largest absolute Gasteiger partial charge is 0.491 e. The molecule has 3 aromatic rings. The number of rotatable bonds is 8. The second-order valence-corrected chi connectivity index (χ2v) is 6.20. The van der Waals surface area contributed by atoms with Crippen molar-refractivity contribution < 1.29 is 14.6 Å². The van der Waals surface area contributed by atoms with Crippen molar-refractivity contribution in [2.45, 2.75) is 0 Å². The Labute approximate surface area is 170 Å². The molecule has 5 heteroatoms. The number of nitrogens with zero attached hydrogens (tertiary/aromatic N) is 1. The summed E-state index contributed by atoms with van der Waals surface area (Å²) in [5.41, 5.74) is 6.45. The number of hydrazone groups is 1. The Morgan fingerprint density at radius 2 is 1.69 bits per heavy atom. The third-order valence-corrected chi connectivity index (χ3v) is 4.05. The molecule has 5 nitrogen and oxygen atoms in total. The molecule has 0 fully saturated rings. The number of ether oxygens (including phenoxy) is 1. The Balaban J connectivity index is 1.52. The summed E-state index contributed by atoms with van der Waals surface area (Å²) in [7, 11) is 0. The van der Waals surface area contributed by atoms with Crippen molar-refractivity contribution in [1.82, 2.24) is 5.43 Å². The normalized spacial score (nSPS) is 11.1. The van der Waals surface area contributed by atoms with Crippen molar-refractivity contribution in [3.05, 3.63) is 96.1 Å². The van der Waals surface area contributed by atoms with Crippen molar-refractivity contribution in [3.63, 3.8) is 0 Å². The molecule has 0 spiro atoms. The van der Waals surface area contributed by atoms with Gasteiger partial charge in [0.25, 0.3) is 5.91 Å². The Hall–Kier alpha value is -3.70. The third-order valence-electron chi connectivity index (χ3n) is 4.05. The summed E-state index contributed by atoms with van der Waals surface area (Å²) in [5.74, 6) is 0.314. The number of benzene rings is 3. The third kappa shape index (κ3) is 6.45. The highest BCUT2D eigenvalue weighted by Crippen LogP contribution is 2.19. The first-order chi connectivity index (χ1) is 14.2. The molecule has 3 aromatic carbocycles. The number of carbonyl (C=O) groups excluding carboxylic acids is 1. The van der Waals surface area contributed by atoms with Crippen molar-refractivity contribution in [2.75, 3.05) is 13.2 Å². The lowest BCUT2D eigenvalue weighted by Gasteiger charge is -2.04. The van der Waals surface area contributed by atoms with E-state index in [0.29, 0.717) is 5.75 Å². The van der Waals surface area contributed by atoms with E-state index in [4.69, 9.17) is 9.84 Å². The van der Waals surface area contributed by atoms with Gasteiger partial charge in [0, 0.05) is 6.08 Å². The fraction of sp³-hybridized carbons (Fsp3) is 0.0833. The Bertz CT molecular complexity index is 981. The van der Waals surface area contributed by atoms with Crippen molar-refractivity contribution >= 4 is 18.2 Å². The van der Waals surface area contributed by atoms with Crippen molar-refractivity contribution in [2.24, 2.45) is 5.10 Å². The molecular formula is C24H22N2O3. The molecule has 0 bridgehead atoms. The van der Waals surface area contributed by atoms with E-state index >= 15 is 0 Å². The Morgan fingerprint density at radius 1 is 0.931 bits per heavy atom. The molecule has 0 radical (unpaired) electrons. The van der Waals surface area contributed by atoms with Gasteiger partial charge in [0.1, 0.15) is 12.4 Å². The SMILES string of the molecule is O=C(/C=C/c1ccc(-c2ccccc2)cc1)N/N=C/c1cccc(OCCO)c1. The van der Waals surface area contributed by atoms with Crippen LogP contribution in [0.15, 0.2) is 90.0 Å². The molecule has 0 heterocycles. The predicted octanol–water partition coefficient (Wildman–Crippen LogP) is 3.89. The minimum atomic E-state index is -0.318. The minimum absolute atomic E-state index is 0.0459. The molecule has 0 aromatic heterocycles. The van der Waals surface area contributed by atoms with Gasteiger partial charge in [-0.05, 0) is 40.5 Å². The van der Waals surface area contributed by atoms with Crippen LogP contribution in [0.4, 0.5) is 0 Å². The van der Waals surface area contributed by atoms with Gasteiger partial charge in [0.15, 0.2) is 0 Å². The summed E-state index contributed by atoms with van der Waals surface area (Å²) in [5, 5.41) is 12.7. The summed E-state index contributed by atoms with van der Waals surface area (Å²) < 4.78 is 5.34. The molecule has 1 amide bonds. The first-order valence-electron chi connectivity index (χ1n) is 9.25. The van der Waals surface area contributed by atoms with Crippen molar-refractivity contribution in [1.29, 1.82) is 0 Å². The fourth-order valence-electron chi connectivity index (χ4n) is 2.65. The number of aliphatic hydroxyl groups is 1. The van der Waals surface area contributed by atoms with Gasteiger partial charge in [-0.15, -0.1) is 0 Å². The zero-order valence-corrected chi connectivity index (χ0v) is 15.9. The number of hydrogen-bond donors (Lipinski definition) is 2. The van der Waals surface area contributed by atoms with E-state index in [1.54, 1.807) is 18.2 Å². The average Bonchev–Trinajstić information content (AvgIpc) is 2.77. The van der Waals surface area contributed by atoms with Gasteiger partial charge in [-0.2, -0.15) is 5.10 Å². The summed E-state index contributed by atoms with van der Waals surface area (Å²) in [6.45, 7) is 0.185. The molecule has 0 aliphatic carbocycles. The van der Waals surface area contributed by atoms with Gasteiger partial charge < -0.3 is 9.84 Å². The molecular weight excluding hydrogens is 364 g/mol. The monoisotopic (exact) mass is 386 g/mol. The van der Waals surface area contributed by atoms with Gasteiger partial charge >= 0.3 is 0 Å². The van der Waals surface area contributed by atoms with E-state index in [1.165, 1.54) is 12.3 Å². The first-order valence-corrected chi connectivity index (χ1v) is 9.25. The van der Waals surface area contributed by atoms with Gasteiger partial charge in [0.2, 0.25) is 0 Å². The Morgan fingerprint density at radius 3 is 2.45 bits per heavy atom. The fourth-order valence-corrected chi connectivity index (χ4v) is 2.65. The first kappa shape index (κ1) is 20.0. The molecule has 3 rings (SSSR count). The molecule has 0 saturated heterocycles. The molecule has 146 valence electrons. The standard InChI is InChI=1S/C24H22N2O3/c27-15-16-29-23-8-4-5-20(17-23)18-25-26-24(28)14-11-19-9-12-22(13-10-19)21-6-2-1-3-7-21/h1-14,17-18,27H,15-16H2,(H,26,28)/b14-11+,25-18+. The number of hydrogen-bond acceptors (Lipinski definition) is 4. The van der Waals surface area contributed by atoms with Gasteiger partial charge in [-0.25, -0.2) is 5.43 Å². The Kier molecular flexibility index (Phi) is 7.32. The van der Waals surface area contributed by atoms with Crippen LogP contribution in [0.1, 0.15) is 11.1 Å². The van der Waals surface area contributed by atoms with Gasteiger partial charge in [0.05, 0.1) is 12.8 Å². The van der Waals surface area contributed by atoms with Crippen LogP contribution in [0, 0.1) is 0 Å². The van der Waals surface area contributed by atoms with E-state index < -0.39 is 0 Å². The summed E-state index contributed by atoms with van der Waals surface area (Å²) in [4.78, 5) is 11.9. The van der Waals surface area contributed by atoms with Crippen LogP contribution in [-0.2, 0) is 4.79 Å². The highest BCUT2D eigenvalue weighted by atomic mass is 16.5. The summed E-state index contributed by atoms with van der Waals surface area (Å²) >= 11 is 0. The van der Waals surface area contributed by atoms with E-state index in [0.717, 1.165) is 22.3 Å². The van der Waals surface area contributed by atoms with Gasteiger partial charge in [-0.1, -0.05) is 66.7 Å². The summed E-state index contributed by atoms with van der Waals surface area (Å²) in [6.07, 6.45) is 4.71. The van der Waals surface area contributed by atoms with Crippen molar-refractivity contribution in [3.8, 4) is 16.9 Å². The van der Waals surface area contributed by atoms with Crippen LogP contribution in [0.25, 0.3) is 17.2 Å². The zero-order chi connectivity index (χ0) is 20.3. The maximum absolute atomic E-state index is 11.9. The van der Waals surface area contributed by atoms with E-state index in [9.17, 15) is 4.79 Å². The van der Waals surface area contributed by atoms with Crippen LogP contribution in [0.3, 0.4) is 0 Å². The minimum Gasteiger partial charge on any atom is -0.491 e. The lowest BCUT2D eigenvalue weighted by molar-refractivity contribution is -0.116. The van der Waals surface area contributed by atoms with Gasteiger partial charge in [-0.3, -0.25) is 4.79 Å². The second kappa shape index (κ2) is 10.6. The predicted molar refractivity (Wildman–Crippen MR) is 116 cm³/mol. The molecule has 2 N–H and O–H groups in total. The zero-order valence-electron chi connectivity index (χ0n) is 15.9. The number of aliphatic hydroxyl groups excluding tert-OH is 1. The summed E-state index contributed by atoms with van der Waals surface area (Å²) in [6, 6.07) is 25.3. The number of carbonyl (C=O) groups is 1. The maximum atomic E-state index is 11.9. The smallest absolute Gasteiger partial charge is 0.264 e.